The highest BCUT2D eigenvalue weighted by molar-refractivity contribution is 7.71. The number of H-pyrrole nitrogens is 1. The lowest BCUT2D eigenvalue weighted by Gasteiger charge is -2.21. The Hall–Kier alpha value is -1.52. The zero-order chi connectivity index (χ0) is 15.4. The Morgan fingerprint density at radius 2 is 1.90 bits per heavy atom. The van der Waals surface area contributed by atoms with Crippen LogP contribution >= 0.6 is 12.2 Å². The van der Waals surface area contributed by atoms with Gasteiger partial charge in [0, 0.05) is 12.2 Å². The third-order valence-electron chi connectivity index (χ3n) is 3.45. The maximum absolute atomic E-state index is 5.84. The number of rotatable bonds is 5. The number of hydrogen-bond donors (Lipinski definition) is 1. The third kappa shape index (κ3) is 3.57. The number of hydrogen-bond acceptors (Lipinski definition) is 3. The summed E-state index contributed by atoms with van der Waals surface area (Å²) in [6, 6.07) is 10.2. The zero-order valence-electron chi connectivity index (χ0n) is 13.0. The van der Waals surface area contributed by atoms with Gasteiger partial charge in [-0.15, -0.1) is 0 Å². The fourth-order valence-electron chi connectivity index (χ4n) is 2.34. The Bertz CT molecular complexity index is 650. The van der Waals surface area contributed by atoms with Gasteiger partial charge >= 0.3 is 0 Å². The summed E-state index contributed by atoms with van der Waals surface area (Å²) in [6.45, 7) is 8.90. The number of aromatic nitrogens is 2. The number of nitrogens with one attached hydrogen (secondary N) is 1. The van der Waals surface area contributed by atoms with Crippen LogP contribution in [0.5, 0.6) is 0 Å². The van der Waals surface area contributed by atoms with Gasteiger partial charge in [0.2, 0.25) is 0 Å². The summed E-state index contributed by atoms with van der Waals surface area (Å²) in [5.74, 6) is 1.13. The standard InChI is InChI=1S/C17H22N2OS/c1-5-20-15(11(2)3)16-18-14(12(4)17(21)19-16)13-9-7-6-8-10-13/h6-11,15H,5H2,1-4H3,(H,18,19,21). The van der Waals surface area contributed by atoms with Crippen molar-refractivity contribution < 1.29 is 4.74 Å². The molecule has 0 radical (unpaired) electrons. The van der Waals surface area contributed by atoms with Crippen LogP contribution in [0.25, 0.3) is 11.3 Å². The average molecular weight is 302 g/mol. The molecular weight excluding hydrogens is 280 g/mol. The molecule has 3 nitrogen and oxygen atoms in total. The van der Waals surface area contributed by atoms with Crippen molar-refractivity contribution in [2.45, 2.75) is 33.8 Å². The lowest BCUT2D eigenvalue weighted by molar-refractivity contribution is 0.0232. The molecule has 0 bridgehead atoms. The van der Waals surface area contributed by atoms with Crippen molar-refractivity contribution in [3.05, 3.63) is 46.4 Å². The maximum Gasteiger partial charge on any atom is 0.137 e. The lowest BCUT2D eigenvalue weighted by atomic mass is 10.0. The quantitative estimate of drug-likeness (QED) is 0.802. The molecule has 4 heteroatoms. The molecular formula is C17H22N2OS. The lowest BCUT2D eigenvalue weighted by Crippen LogP contribution is -2.15. The molecule has 0 saturated carbocycles. The van der Waals surface area contributed by atoms with Gasteiger partial charge in [0.15, 0.2) is 0 Å². The van der Waals surface area contributed by atoms with E-state index in [9.17, 15) is 0 Å². The summed E-state index contributed by atoms with van der Waals surface area (Å²) >= 11 is 5.43. The van der Waals surface area contributed by atoms with Gasteiger partial charge in [-0.3, -0.25) is 0 Å². The molecule has 1 aromatic carbocycles. The Morgan fingerprint density at radius 1 is 1.24 bits per heavy atom. The molecule has 0 aliphatic rings. The van der Waals surface area contributed by atoms with Crippen molar-refractivity contribution >= 4 is 12.2 Å². The summed E-state index contributed by atoms with van der Waals surface area (Å²) in [6.07, 6.45) is -0.0697. The first-order chi connectivity index (χ1) is 10.0. The average Bonchev–Trinajstić information content (AvgIpc) is 2.48. The number of ether oxygens (including phenoxy) is 1. The first kappa shape index (κ1) is 15.9. The monoisotopic (exact) mass is 302 g/mol. The van der Waals surface area contributed by atoms with Crippen LogP contribution in [0.1, 0.15) is 38.3 Å². The minimum atomic E-state index is -0.0697. The fourth-order valence-corrected chi connectivity index (χ4v) is 2.55. The largest absolute Gasteiger partial charge is 0.370 e. The number of aromatic amines is 1. The molecule has 112 valence electrons. The molecule has 0 saturated heterocycles. The highest BCUT2D eigenvalue weighted by atomic mass is 32.1. The van der Waals surface area contributed by atoms with E-state index in [2.05, 4.69) is 35.9 Å². The minimum absolute atomic E-state index is 0.0697. The molecule has 0 fully saturated rings. The van der Waals surface area contributed by atoms with E-state index < -0.39 is 0 Å². The predicted octanol–water partition coefficient (Wildman–Crippen LogP) is 4.85. The van der Waals surface area contributed by atoms with Crippen molar-refractivity contribution in [2.75, 3.05) is 6.61 Å². The van der Waals surface area contributed by atoms with Gasteiger partial charge < -0.3 is 9.72 Å². The van der Waals surface area contributed by atoms with Crippen molar-refractivity contribution in [3.63, 3.8) is 0 Å². The number of benzene rings is 1. The Morgan fingerprint density at radius 3 is 2.48 bits per heavy atom. The van der Waals surface area contributed by atoms with Crippen LogP contribution in [0.3, 0.4) is 0 Å². The van der Waals surface area contributed by atoms with Gasteiger partial charge in [0.05, 0.1) is 5.69 Å². The van der Waals surface area contributed by atoms with Crippen LogP contribution in [0.15, 0.2) is 30.3 Å². The van der Waals surface area contributed by atoms with Crippen LogP contribution in [-0.4, -0.2) is 16.6 Å². The Balaban J connectivity index is 2.55. The SMILES string of the molecule is CCOC(c1nc(=S)c(C)c(-c2ccccc2)[nH]1)C(C)C. The predicted molar refractivity (Wildman–Crippen MR) is 88.8 cm³/mol. The Labute approximate surface area is 131 Å². The van der Waals surface area contributed by atoms with Gasteiger partial charge in [-0.05, 0) is 25.3 Å². The van der Waals surface area contributed by atoms with E-state index in [1.165, 1.54) is 0 Å². The second kappa shape index (κ2) is 6.96. The molecule has 0 aliphatic carbocycles. The molecule has 0 spiro atoms. The first-order valence-corrected chi connectivity index (χ1v) is 7.73. The summed E-state index contributed by atoms with van der Waals surface area (Å²) in [4.78, 5) is 7.97. The van der Waals surface area contributed by atoms with Crippen LogP contribution in [0.2, 0.25) is 0 Å². The topological polar surface area (TPSA) is 37.9 Å². The van der Waals surface area contributed by atoms with Crippen molar-refractivity contribution in [2.24, 2.45) is 5.92 Å². The van der Waals surface area contributed by atoms with Gasteiger partial charge in [0.25, 0.3) is 0 Å². The second-order valence-corrected chi connectivity index (χ2v) is 5.80. The molecule has 2 rings (SSSR count). The van der Waals surface area contributed by atoms with Gasteiger partial charge in [0.1, 0.15) is 16.6 Å². The molecule has 2 aromatic rings. The molecule has 1 heterocycles. The summed E-state index contributed by atoms with van der Waals surface area (Å²) in [7, 11) is 0. The van der Waals surface area contributed by atoms with Crippen LogP contribution in [-0.2, 0) is 4.74 Å². The molecule has 0 amide bonds. The van der Waals surface area contributed by atoms with E-state index in [0.29, 0.717) is 17.2 Å². The highest BCUT2D eigenvalue weighted by Crippen LogP contribution is 2.27. The summed E-state index contributed by atoms with van der Waals surface area (Å²) in [5, 5.41) is 0. The van der Waals surface area contributed by atoms with E-state index in [-0.39, 0.29) is 6.10 Å². The molecule has 1 atom stereocenters. The first-order valence-electron chi connectivity index (χ1n) is 7.32. The minimum Gasteiger partial charge on any atom is -0.370 e. The van der Waals surface area contributed by atoms with Crippen LogP contribution in [0.4, 0.5) is 0 Å². The maximum atomic E-state index is 5.84. The highest BCUT2D eigenvalue weighted by Gasteiger charge is 2.20. The normalized spacial score (nSPS) is 12.6. The van der Waals surface area contributed by atoms with E-state index in [4.69, 9.17) is 17.0 Å². The fraction of sp³-hybridized carbons (Fsp3) is 0.412. The zero-order valence-corrected chi connectivity index (χ0v) is 13.8. The smallest absolute Gasteiger partial charge is 0.137 e. The molecule has 1 aromatic heterocycles. The van der Waals surface area contributed by atoms with Crippen LogP contribution < -0.4 is 0 Å². The number of nitrogens with zero attached hydrogens (tertiary/aromatic N) is 1. The van der Waals surface area contributed by atoms with Gasteiger partial charge in [-0.2, -0.15) is 0 Å². The third-order valence-corrected chi connectivity index (χ3v) is 3.85. The molecule has 1 N–H and O–H groups in total. The molecule has 0 aliphatic heterocycles. The van der Waals surface area contributed by atoms with Gasteiger partial charge in [-0.1, -0.05) is 56.4 Å². The van der Waals surface area contributed by atoms with E-state index in [1.807, 2.05) is 32.0 Å². The van der Waals surface area contributed by atoms with Crippen LogP contribution in [0, 0.1) is 17.5 Å². The van der Waals surface area contributed by atoms with Crippen molar-refractivity contribution in [3.8, 4) is 11.3 Å². The molecule has 21 heavy (non-hydrogen) atoms. The summed E-state index contributed by atoms with van der Waals surface area (Å²) < 4.78 is 6.47. The Kier molecular flexibility index (Phi) is 5.26. The molecule has 1 unspecified atom stereocenters. The van der Waals surface area contributed by atoms with E-state index in [0.717, 1.165) is 22.6 Å². The van der Waals surface area contributed by atoms with Crippen molar-refractivity contribution in [1.29, 1.82) is 0 Å². The van der Waals surface area contributed by atoms with Crippen molar-refractivity contribution in [1.82, 2.24) is 9.97 Å². The second-order valence-electron chi connectivity index (χ2n) is 5.41. The summed E-state index contributed by atoms with van der Waals surface area (Å²) in [5.41, 5.74) is 3.14. The van der Waals surface area contributed by atoms with E-state index in [1.54, 1.807) is 0 Å². The van der Waals surface area contributed by atoms with E-state index >= 15 is 0 Å². The van der Waals surface area contributed by atoms with Gasteiger partial charge in [-0.25, -0.2) is 4.98 Å².